The van der Waals surface area contributed by atoms with Crippen molar-refractivity contribution in [3.8, 4) is 0 Å². The number of hydrogen-bond donors (Lipinski definition) is 1. The van der Waals surface area contributed by atoms with Gasteiger partial charge in [0.25, 0.3) is 5.91 Å². The van der Waals surface area contributed by atoms with Crippen LogP contribution in [-0.2, 0) is 5.75 Å². The number of amides is 1. The van der Waals surface area contributed by atoms with Crippen molar-refractivity contribution in [3.05, 3.63) is 81.9 Å². The van der Waals surface area contributed by atoms with Crippen LogP contribution in [0.25, 0.3) is 28.0 Å². The Balaban J connectivity index is 1.76. The van der Waals surface area contributed by atoms with Crippen LogP contribution in [0.15, 0.2) is 59.5 Å². The second kappa shape index (κ2) is 12.5. The highest BCUT2D eigenvalue weighted by molar-refractivity contribution is 7.98. The molecule has 1 amide bonds. The van der Waals surface area contributed by atoms with Crippen LogP contribution in [0.4, 0.5) is 0 Å². The summed E-state index contributed by atoms with van der Waals surface area (Å²) >= 11 is 2.90. The third-order valence-corrected chi connectivity index (χ3v) is 8.65. The van der Waals surface area contributed by atoms with E-state index >= 15 is 0 Å². The van der Waals surface area contributed by atoms with Gasteiger partial charge in [0, 0.05) is 35.6 Å². The highest BCUT2D eigenvalue weighted by Crippen LogP contribution is 2.31. The number of thioether (sulfide) groups is 1. The third-order valence-electron chi connectivity index (χ3n) is 6.48. The molecule has 0 fully saturated rings. The summed E-state index contributed by atoms with van der Waals surface area (Å²) in [6.07, 6.45) is 9.87. The molecule has 4 aromatic rings. The summed E-state index contributed by atoms with van der Waals surface area (Å²) < 4.78 is 1.85. The Hall–Kier alpha value is -3.27. The van der Waals surface area contributed by atoms with Crippen molar-refractivity contribution >= 4 is 57.0 Å². The van der Waals surface area contributed by atoms with Gasteiger partial charge in [0.15, 0.2) is 0 Å². The summed E-state index contributed by atoms with van der Waals surface area (Å²) in [6, 6.07) is 7.97. The van der Waals surface area contributed by atoms with Crippen LogP contribution in [-0.4, -0.2) is 51.9 Å². The monoisotopic (exact) mass is 547 g/mol. The predicted octanol–water partition coefficient (Wildman–Crippen LogP) is 5.73. The van der Waals surface area contributed by atoms with Gasteiger partial charge in [-0.15, -0.1) is 23.1 Å². The molecule has 4 heterocycles. The highest BCUT2D eigenvalue weighted by atomic mass is 32.2. The SMILES string of the molecule is C=Cc1sc2c(C(=O)NCCC(CCC)N(C)C)c(=O)c3cc(SCc4ccccn4)cnc3n2c1C=C. The first kappa shape index (κ1) is 27.8. The Morgan fingerprint density at radius 2 is 2.05 bits per heavy atom. The number of carbonyl (C=O) groups is 1. The Bertz CT molecular complexity index is 1530. The maximum atomic E-state index is 13.8. The largest absolute Gasteiger partial charge is 0.352 e. The summed E-state index contributed by atoms with van der Waals surface area (Å²) in [4.78, 5) is 40.8. The molecule has 0 spiro atoms. The van der Waals surface area contributed by atoms with Gasteiger partial charge in [0.1, 0.15) is 16.0 Å². The molecule has 0 radical (unpaired) electrons. The molecule has 198 valence electrons. The minimum absolute atomic E-state index is 0.129. The zero-order valence-corrected chi connectivity index (χ0v) is 23.7. The summed E-state index contributed by atoms with van der Waals surface area (Å²) in [5.41, 5.74) is 2.00. The van der Waals surface area contributed by atoms with Crippen LogP contribution >= 0.6 is 23.1 Å². The Morgan fingerprint density at radius 3 is 2.71 bits per heavy atom. The van der Waals surface area contributed by atoms with Gasteiger partial charge >= 0.3 is 0 Å². The van der Waals surface area contributed by atoms with Gasteiger partial charge in [-0.2, -0.15) is 0 Å². The van der Waals surface area contributed by atoms with Crippen LogP contribution in [0, 0.1) is 0 Å². The number of aromatic nitrogens is 3. The van der Waals surface area contributed by atoms with E-state index in [2.05, 4.69) is 54.4 Å². The van der Waals surface area contributed by atoms with Crippen molar-refractivity contribution in [2.45, 2.75) is 42.9 Å². The molecule has 1 unspecified atom stereocenters. The van der Waals surface area contributed by atoms with Gasteiger partial charge in [0.2, 0.25) is 5.43 Å². The first-order valence-corrected chi connectivity index (χ1v) is 14.4. The Labute approximate surface area is 231 Å². The van der Waals surface area contributed by atoms with Gasteiger partial charge in [-0.3, -0.25) is 19.0 Å². The van der Waals surface area contributed by atoms with Crippen LogP contribution in [0.3, 0.4) is 0 Å². The summed E-state index contributed by atoms with van der Waals surface area (Å²) in [5.74, 6) is 0.273. The van der Waals surface area contributed by atoms with Gasteiger partial charge in [-0.05, 0) is 57.3 Å². The molecule has 4 aromatic heterocycles. The van der Waals surface area contributed by atoms with E-state index in [1.54, 1.807) is 36.3 Å². The normalized spacial score (nSPS) is 12.2. The minimum Gasteiger partial charge on any atom is -0.352 e. The second-order valence-corrected chi connectivity index (χ2v) is 11.3. The van der Waals surface area contributed by atoms with Gasteiger partial charge in [-0.1, -0.05) is 32.6 Å². The molecule has 7 nitrogen and oxygen atoms in total. The first-order valence-electron chi connectivity index (χ1n) is 12.6. The van der Waals surface area contributed by atoms with Crippen molar-refractivity contribution in [1.82, 2.24) is 24.6 Å². The first-order chi connectivity index (χ1) is 18.4. The highest BCUT2D eigenvalue weighted by Gasteiger charge is 2.24. The fourth-order valence-electron chi connectivity index (χ4n) is 4.50. The van der Waals surface area contributed by atoms with Crippen molar-refractivity contribution in [2.75, 3.05) is 20.6 Å². The van der Waals surface area contributed by atoms with Crippen LogP contribution in [0.5, 0.6) is 0 Å². The molecule has 1 N–H and O–H groups in total. The summed E-state index contributed by atoms with van der Waals surface area (Å²) in [7, 11) is 4.11. The van der Waals surface area contributed by atoms with Crippen molar-refractivity contribution in [2.24, 2.45) is 0 Å². The molecule has 0 saturated carbocycles. The number of hydrogen-bond acceptors (Lipinski definition) is 7. The zero-order chi connectivity index (χ0) is 27.2. The number of pyridine rings is 3. The lowest BCUT2D eigenvalue weighted by Crippen LogP contribution is -2.35. The van der Waals surface area contributed by atoms with Gasteiger partial charge in [0.05, 0.1) is 21.7 Å². The van der Waals surface area contributed by atoms with Crippen LogP contribution < -0.4 is 10.7 Å². The number of rotatable bonds is 12. The quantitative estimate of drug-likeness (QED) is 0.228. The number of thiazole rings is 1. The number of nitrogens with zero attached hydrogens (tertiary/aromatic N) is 4. The van der Waals surface area contributed by atoms with Crippen molar-refractivity contribution < 1.29 is 4.79 Å². The maximum absolute atomic E-state index is 13.8. The topological polar surface area (TPSA) is 79.6 Å². The molecule has 0 aliphatic rings. The van der Waals surface area contributed by atoms with Crippen LogP contribution in [0.2, 0.25) is 0 Å². The Morgan fingerprint density at radius 1 is 1.24 bits per heavy atom. The molecular weight excluding hydrogens is 514 g/mol. The average Bonchev–Trinajstić information content (AvgIpc) is 3.30. The third kappa shape index (κ3) is 5.75. The summed E-state index contributed by atoms with van der Waals surface area (Å²) in [6.45, 7) is 10.5. The maximum Gasteiger partial charge on any atom is 0.258 e. The van der Waals surface area contributed by atoms with E-state index in [0.717, 1.165) is 40.4 Å². The smallest absolute Gasteiger partial charge is 0.258 e. The molecule has 38 heavy (non-hydrogen) atoms. The van der Waals surface area contributed by atoms with Crippen molar-refractivity contribution in [1.29, 1.82) is 0 Å². The van der Waals surface area contributed by atoms with E-state index in [0.29, 0.717) is 34.2 Å². The molecule has 0 bridgehead atoms. The fraction of sp³-hybridized carbons (Fsp3) is 0.310. The number of nitrogens with one attached hydrogen (secondary N) is 1. The summed E-state index contributed by atoms with van der Waals surface area (Å²) in [5, 5.41) is 3.40. The van der Waals surface area contributed by atoms with E-state index in [1.807, 2.05) is 28.7 Å². The molecule has 9 heteroatoms. The molecule has 0 aliphatic carbocycles. The molecule has 4 rings (SSSR count). The predicted molar refractivity (Wildman–Crippen MR) is 160 cm³/mol. The molecule has 0 aliphatic heterocycles. The zero-order valence-electron chi connectivity index (χ0n) is 22.1. The molecule has 0 aromatic carbocycles. The lowest BCUT2D eigenvalue weighted by molar-refractivity contribution is 0.0950. The minimum atomic E-state index is -0.373. The second-order valence-electron chi connectivity index (χ2n) is 9.21. The lowest BCUT2D eigenvalue weighted by Gasteiger charge is -2.23. The Kier molecular flexibility index (Phi) is 9.14. The van der Waals surface area contributed by atoms with Gasteiger partial charge < -0.3 is 10.2 Å². The van der Waals surface area contributed by atoms with E-state index < -0.39 is 0 Å². The number of carbonyl (C=O) groups excluding carboxylic acids is 1. The standard InChI is InChI=1S/C29H33N5O2S2/c1-6-11-20(33(4)5)13-15-31-28(36)25-26(35)22-16-21(37-18-19-12-9-10-14-30-19)17-32-27(22)34-23(7-2)24(8-3)38-29(25)34/h7-10,12,14,16-17,20H,2-3,6,11,13,15,18H2,1,4-5H3,(H,31,36). The average molecular weight is 548 g/mol. The molecule has 1 atom stereocenters. The van der Waals surface area contributed by atoms with E-state index in [9.17, 15) is 9.59 Å². The number of fused-ring (bicyclic) bond motifs is 3. The lowest BCUT2D eigenvalue weighted by atomic mass is 10.1. The van der Waals surface area contributed by atoms with Crippen LogP contribution in [0.1, 0.15) is 52.8 Å². The van der Waals surface area contributed by atoms with E-state index in [1.165, 1.54) is 11.3 Å². The van der Waals surface area contributed by atoms with E-state index in [4.69, 9.17) is 0 Å². The molecular formula is C29H33N5O2S2. The fourth-order valence-corrected chi connectivity index (χ4v) is 6.45. The molecule has 0 saturated heterocycles. The van der Waals surface area contributed by atoms with Gasteiger partial charge in [-0.25, -0.2) is 4.98 Å². The van der Waals surface area contributed by atoms with Crippen molar-refractivity contribution in [3.63, 3.8) is 0 Å². The van der Waals surface area contributed by atoms with E-state index in [-0.39, 0.29) is 16.9 Å².